The Balaban J connectivity index is 2.15. The van der Waals surface area contributed by atoms with Crippen molar-refractivity contribution in [2.24, 2.45) is 5.92 Å². The van der Waals surface area contributed by atoms with Gasteiger partial charge in [-0.2, -0.15) is 0 Å². The topological polar surface area (TPSA) is 71.1 Å². The Bertz CT molecular complexity index is 560. The highest BCUT2D eigenvalue weighted by molar-refractivity contribution is 7.89. The van der Waals surface area contributed by atoms with Crippen molar-refractivity contribution in [1.29, 1.82) is 0 Å². The number of nitrogens with one attached hydrogen (secondary N) is 2. The van der Waals surface area contributed by atoms with Crippen LogP contribution in [0.15, 0.2) is 23.2 Å². The fourth-order valence-electron chi connectivity index (χ4n) is 2.97. The second-order valence-electron chi connectivity index (χ2n) is 5.59. The molecule has 1 fully saturated rings. The molecule has 2 N–H and O–H groups in total. The minimum Gasteiger partial charge on any atom is -0.370 e. The van der Waals surface area contributed by atoms with Crippen LogP contribution in [-0.4, -0.2) is 26.0 Å². The van der Waals surface area contributed by atoms with Crippen LogP contribution in [-0.2, 0) is 10.0 Å². The largest absolute Gasteiger partial charge is 0.370 e. The third-order valence-electron chi connectivity index (χ3n) is 4.14. The van der Waals surface area contributed by atoms with E-state index in [1.807, 2.05) is 6.92 Å². The number of anilines is 1. The lowest BCUT2D eigenvalue weighted by molar-refractivity contribution is 0.282. The first-order chi connectivity index (χ1) is 10.1. The molecule has 2 unspecified atom stereocenters. The van der Waals surface area contributed by atoms with Gasteiger partial charge in [-0.05, 0) is 31.7 Å². The van der Waals surface area contributed by atoms with E-state index in [-0.39, 0.29) is 10.9 Å². The summed E-state index contributed by atoms with van der Waals surface area (Å²) in [4.78, 5) is 4.40. The van der Waals surface area contributed by atoms with Gasteiger partial charge in [-0.3, -0.25) is 0 Å². The predicted molar refractivity (Wildman–Crippen MR) is 84.8 cm³/mol. The summed E-state index contributed by atoms with van der Waals surface area (Å²) in [6, 6.07) is 3.20. The maximum absolute atomic E-state index is 12.6. The highest BCUT2D eigenvalue weighted by Crippen LogP contribution is 2.28. The summed E-state index contributed by atoms with van der Waals surface area (Å²) < 4.78 is 28.0. The predicted octanol–water partition coefficient (Wildman–Crippen LogP) is 2.76. The standard InChI is InChI=1S/C15H25N3O2S/c1-3-12-7-5-6-8-14(12)18-21(19,20)13-9-10-17-15(11-13)16-4-2/h9-12,14,18H,3-8H2,1-2H3,(H,16,17). The Morgan fingerprint density at radius 1 is 1.29 bits per heavy atom. The van der Waals surface area contributed by atoms with Gasteiger partial charge >= 0.3 is 0 Å². The van der Waals surface area contributed by atoms with Crippen LogP contribution in [0.1, 0.15) is 46.0 Å². The molecule has 0 saturated heterocycles. The van der Waals surface area contributed by atoms with Gasteiger partial charge in [-0.1, -0.05) is 26.2 Å². The Kier molecular flexibility index (Phi) is 5.58. The zero-order chi connectivity index (χ0) is 15.3. The number of nitrogens with zero attached hydrogens (tertiary/aromatic N) is 1. The minimum absolute atomic E-state index is 0.0597. The van der Waals surface area contributed by atoms with Gasteiger partial charge in [0, 0.05) is 24.8 Å². The summed E-state index contributed by atoms with van der Waals surface area (Å²) in [6.07, 6.45) is 6.90. The smallest absolute Gasteiger partial charge is 0.241 e. The summed E-state index contributed by atoms with van der Waals surface area (Å²) in [7, 11) is -3.47. The van der Waals surface area contributed by atoms with Crippen LogP contribution in [0.3, 0.4) is 0 Å². The van der Waals surface area contributed by atoms with E-state index in [1.165, 1.54) is 12.6 Å². The fraction of sp³-hybridized carbons (Fsp3) is 0.667. The molecule has 0 spiro atoms. The molecule has 0 bridgehead atoms. The molecular weight excluding hydrogens is 286 g/mol. The Morgan fingerprint density at radius 3 is 2.76 bits per heavy atom. The van der Waals surface area contributed by atoms with Crippen molar-refractivity contribution in [1.82, 2.24) is 9.71 Å². The summed E-state index contributed by atoms with van der Waals surface area (Å²) in [5.74, 6) is 1.04. The summed E-state index contributed by atoms with van der Waals surface area (Å²) in [5.41, 5.74) is 0. The average molecular weight is 311 g/mol. The molecule has 2 rings (SSSR count). The van der Waals surface area contributed by atoms with E-state index in [0.29, 0.717) is 18.3 Å². The zero-order valence-corrected chi connectivity index (χ0v) is 13.6. The second kappa shape index (κ2) is 7.22. The highest BCUT2D eigenvalue weighted by atomic mass is 32.2. The van der Waals surface area contributed by atoms with E-state index < -0.39 is 10.0 Å². The van der Waals surface area contributed by atoms with Crippen molar-refractivity contribution in [2.75, 3.05) is 11.9 Å². The molecule has 0 aliphatic heterocycles. The molecule has 0 radical (unpaired) electrons. The summed E-state index contributed by atoms with van der Waals surface area (Å²) in [5, 5.41) is 3.04. The van der Waals surface area contributed by atoms with Gasteiger partial charge in [0.05, 0.1) is 4.90 Å². The number of hydrogen-bond acceptors (Lipinski definition) is 4. The number of rotatable bonds is 6. The number of hydrogen-bond donors (Lipinski definition) is 2. The van der Waals surface area contributed by atoms with Gasteiger partial charge in [0.25, 0.3) is 0 Å². The van der Waals surface area contributed by atoms with Crippen LogP contribution in [0.4, 0.5) is 5.82 Å². The molecule has 21 heavy (non-hydrogen) atoms. The number of aromatic nitrogens is 1. The monoisotopic (exact) mass is 311 g/mol. The minimum atomic E-state index is -3.47. The van der Waals surface area contributed by atoms with Gasteiger partial charge < -0.3 is 5.32 Å². The van der Waals surface area contributed by atoms with Gasteiger partial charge in [0.2, 0.25) is 10.0 Å². The molecule has 1 aromatic heterocycles. The van der Waals surface area contributed by atoms with E-state index in [2.05, 4.69) is 21.9 Å². The molecule has 0 aromatic carbocycles. The third-order valence-corrected chi connectivity index (χ3v) is 5.63. The van der Waals surface area contributed by atoms with Crippen LogP contribution >= 0.6 is 0 Å². The van der Waals surface area contributed by atoms with E-state index >= 15 is 0 Å². The van der Waals surface area contributed by atoms with Crippen LogP contribution in [0, 0.1) is 5.92 Å². The first-order valence-electron chi connectivity index (χ1n) is 7.79. The van der Waals surface area contributed by atoms with Crippen LogP contribution in [0.25, 0.3) is 0 Å². The molecule has 118 valence electrons. The third kappa shape index (κ3) is 4.17. The molecule has 1 saturated carbocycles. The van der Waals surface area contributed by atoms with E-state index in [1.54, 1.807) is 12.1 Å². The maximum atomic E-state index is 12.6. The van der Waals surface area contributed by atoms with Gasteiger partial charge in [-0.25, -0.2) is 18.1 Å². The molecule has 1 aliphatic carbocycles. The molecule has 0 amide bonds. The fourth-order valence-corrected chi connectivity index (χ4v) is 4.33. The average Bonchev–Trinajstić information content (AvgIpc) is 2.48. The first-order valence-corrected chi connectivity index (χ1v) is 9.27. The van der Waals surface area contributed by atoms with Crippen molar-refractivity contribution >= 4 is 15.8 Å². The van der Waals surface area contributed by atoms with Crippen LogP contribution in [0.5, 0.6) is 0 Å². The van der Waals surface area contributed by atoms with Crippen LogP contribution in [0.2, 0.25) is 0 Å². The molecule has 1 aromatic rings. The molecular formula is C15H25N3O2S. The van der Waals surface area contributed by atoms with Crippen molar-refractivity contribution in [3.8, 4) is 0 Å². The van der Waals surface area contributed by atoms with Crippen molar-refractivity contribution in [3.05, 3.63) is 18.3 Å². The second-order valence-corrected chi connectivity index (χ2v) is 7.30. The van der Waals surface area contributed by atoms with Gasteiger partial charge in [0.1, 0.15) is 5.82 Å². The summed E-state index contributed by atoms with van der Waals surface area (Å²) in [6.45, 7) is 4.80. The lowest BCUT2D eigenvalue weighted by Crippen LogP contribution is -2.41. The van der Waals surface area contributed by atoms with Crippen molar-refractivity contribution in [3.63, 3.8) is 0 Å². The van der Waals surface area contributed by atoms with Crippen LogP contribution < -0.4 is 10.0 Å². The van der Waals surface area contributed by atoms with Crippen molar-refractivity contribution < 1.29 is 8.42 Å². The van der Waals surface area contributed by atoms with E-state index in [9.17, 15) is 8.42 Å². The summed E-state index contributed by atoms with van der Waals surface area (Å²) >= 11 is 0. The van der Waals surface area contributed by atoms with E-state index in [4.69, 9.17) is 0 Å². The van der Waals surface area contributed by atoms with Crippen molar-refractivity contribution in [2.45, 2.75) is 56.9 Å². The Hall–Kier alpha value is -1.14. The lowest BCUT2D eigenvalue weighted by Gasteiger charge is -2.31. The quantitative estimate of drug-likeness (QED) is 0.847. The van der Waals surface area contributed by atoms with Gasteiger partial charge in [-0.15, -0.1) is 0 Å². The molecule has 6 heteroatoms. The first kappa shape index (κ1) is 16.2. The number of sulfonamides is 1. The number of pyridine rings is 1. The lowest BCUT2D eigenvalue weighted by atomic mass is 9.83. The molecule has 2 atom stereocenters. The Labute approximate surface area is 127 Å². The molecule has 5 nitrogen and oxygen atoms in total. The normalized spacial score (nSPS) is 23.0. The zero-order valence-electron chi connectivity index (χ0n) is 12.8. The highest BCUT2D eigenvalue weighted by Gasteiger charge is 2.28. The molecule has 1 heterocycles. The maximum Gasteiger partial charge on any atom is 0.241 e. The SMILES string of the molecule is CCNc1cc(S(=O)(=O)NC2CCCCC2CC)ccn1. The Morgan fingerprint density at radius 2 is 2.05 bits per heavy atom. The molecule has 1 aliphatic rings. The van der Waals surface area contributed by atoms with E-state index in [0.717, 1.165) is 25.7 Å². The van der Waals surface area contributed by atoms with Gasteiger partial charge in [0.15, 0.2) is 0 Å².